The summed E-state index contributed by atoms with van der Waals surface area (Å²) < 4.78 is 52.6. The fourth-order valence-electron chi connectivity index (χ4n) is 6.40. The highest BCUT2D eigenvalue weighted by molar-refractivity contribution is 5.99. The first-order valence-corrected chi connectivity index (χ1v) is 14.6. The first kappa shape index (κ1) is 27.5. The number of ether oxygens (including phenoxy) is 1. The van der Waals surface area contributed by atoms with Crippen LogP contribution in [0.1, 0.15) is 37.3 Å². The molecule has 7 nitrogen and oxygen atoms in total. The summed E-state index contributed by atoms with van der Waals surface area (Å²) in [5, 5.41) is 1.29. The number of pyridine rings is 2. The maximum atomic E-state index is 16.6. The van der Waals surface area contributed by atoms with Crippen molar-refractivity contribution in [3.63, 3.8) is 0 Å². The van der Waals surface area contributed by atoms with Gasteiger partial charge >= 0.3 is 6.01 Å². The number of benzene rings is 2. The highest BCUT2D eigenvalue weighted by Crippen LogP contribution is 2.38. The minimum absolute atomic E-state index is 0.0139. The van der Waals surface area contributed by atoms with Crippen molar-refractivity contribution >= 4 is 27.5 Å². The second-order valence-corrected chi connectivity index (χ2v) is 11.5. The summed E-state index contributed by atoms with van der Waals surface area (Å²) >= 11 is 0. The van der Waals surface area contributed by atoms with Crippen LogP contribution in [0.5, 0.6) is 6.01 Å². The van der Waals surface area contributed by atoms with Crippen molar-refractivity contribution in [2.45, 2.75) is 51.2 Å². The van der Waals surface area contributed by atoms with Crippen LogP contribution in [0.3, 0.4) is 0 Å². The monoisotopic (exact) mass is 584 g/mol. The average Bonchev–Trinajstić information content (AvgIpc) is 3.01. The molecule has 43 heavy (non-hydrogen) atoms. The Morgan fingerprint density at radius 2 is 1.81 bits per heavy atom. The van der Waals surface area contributed by atoms with E-state index in [9.17, 15) is 4.39 Å². The van der Waals surface area contributed by atoms with Crippen LogP contribution in [-0.2, 0) is 13.0 Å². The van der Waals surface area contributed by atoms with Gasteiger partial charge in [0.1, 0.15) is 35.3 Å². The molecule has 0 radical (unpaired) electrons. The summed E-state index contributed by atoms with van der Waals surface area (Å²) in [5.74, 6) is -1.14. The number of likely N-dealkylation sites (tertiary alicyclic amines) is 1. The molecule has 0 N–H and O–H groups in total. The number of rotatable bonds is 5. The highest BCUT2D eigenvalue weighted by Gasteiger charge is 2.30. The van der Waals surface area contributed by atoms with Gasteiger partial charge in [0.2, 0.25) is 0 Å². The van der Waals surface area contributed by atoms with Gasteiger partial charge in [0.25, 0.3) is 0 Å². The molecule has 5 aromatic rings. The largest absolute Gasteiger partial charge is 0.462 e. The third kappa shape index (κ3) is 4.93. The highest BCUT2D eigenvalue weighted by atomic mass is 19.1. The number of halogens is 3. The van der Waals surface area contributed by atoms with Gasteiger partial charge in [-0.2, -0.15) is 9.97 Å². The van der Waals surface area contributed by atoms with Crippen LogP contribution >= 0.6 is 0 Å². The van der Waals surface area contributed by atoms with Crippen LogP contribution in [-0.4, -0.2) is 57.1 Å². The van der Waals surface area contributed by atoms with Crippen molar-refractivity contribution in [3.05, 3.63) is 83.6 Å². The minimum Gasteiger partial charge on any atom is -0.462 e. The van der Waals surface area contributed by atoms with Crippen LogP contribution in [0.4, 0.5) is 19.0 Å². The average molecular weight is 585 g/mol. The Bertz CT molecular complexity index is 1840. The third-order valence-electron chi connectivity index (χ3n) is 8.82. The number of anilines is 1. The van der Waals surface area contributed by atoms with E-state index in [1.165, 1.54) is 18.5 Å². The van der Waals surface area contributed by atoms with Crippen molar-refractivity contribution in [2.24, 2.45) is 0 Å². The van der Waals surface area contributed by atoms with Crippen molar-refractivity contribution in [1.29, 1.82) is 0 Å². The molecule has 0 spiro atoms. The first-order valence-electron chi connectivity index (χ1n) is 14.6. The van der Waals surface area contributed by atoms with Gasteiger partial charge in [0.05, 0.1) is 11.6 Å². The number of fused-ring (bicyclic) bond motifs is 3. The molecule has 1 saturated heterocycles. The maximum Gasteiger partial charge on any atom is 0.319 e. The van der Waals surface area contributed by atoms with Crippen LogP contribution in [0, 0.1) is 17.5 Å². The lowest BCUT2D eigenvalue weighted by Crippen LogP contribution is -2.41. The molecule has 7 rings (SSSR count). The van der Waals surface area contributed by atoms with Crippen molar-refractivity contribution in [1.82, 2.24) is 24.8 Å². The van der Waals surface area contributed by atoms with Gasteiger partial charge in [-0.25, -0.2) is 13.2 Å². The topological polar surface area (TPSA) is 67.3 Å². The predicted molar refractivity (Wildman–Crippen MR) is 159 cm³/mol. The molecule has 0 bridgehead atoms. The van der Waals surface area contributed by atoms with E-state index in [0.717, 1.165) is 31.4 Å². The second-order valence-electron chi connectivity index (χ2n) is 11.5. The molecule has 0 aliphatic carbocycles. The first-order chi connectivity index (χ1) is 20.9. The number of piperidine rings is 1. The zero-order valence-corrected chi connectivity index (χ0v) is 24.0. The van der Waals surface area contributed by atoms with E-state index in [1.807, 2.05) is 11.8 Å². The number of hydrogen-bond acceptors (Lipinski definition) is 7. The van der Waals surface area contributed by atoms with Gasteiger partial charge < -0.3 is 14.5 Å². The van der Waals surface area contributed by atoms with E-state index >= 15 is 8.78 Å². The third-order valence-corrected chi connectivity index (χ3v) is 8.82. The molecule has 0 amide bonds. The van der Waals surface area contributed by atoms with E-state index in [1.54, 1.807) is 36.5 Å². The SMILES string of the molecule is C[C@@H]1Cc2cncc(F)c2CN1c1nc(OC[C@@H]2CCCCN2C)nc2c(F)c(-c3cccc4cccc(F)c34)ncc12. The number of likely N-dealkylation sites (N-methyl/N-ethyl adjacent to an activating group) is 1. The summed E-state index contributed by atoms with van der Waals surface area (Å²) in [4.78, 5) is 22.0. The molecule has 2 aliphatic heterocycles. The quantitative estimate of drug-likeness (QED) is 0.235. The molecule has 220 valence electrons. The molecule has 10 heteroatoms. The van der Waals surface area contributed by atoms with Crippen molar-refractivity contribution in [2.75, 3.05) is 25.1 Å². The lowest BCUT2D eigenvalue weighted by Gasteiger charge is -2.36. The van der Waals surface area contributed by atoms with Crippen LogP contribution in [0.25, 0.3) is 32.9 Å². The summed E-state index contributed by atoms with van der Waals surface area (Å²) in [6.45, 7) is 3.57. The van der Waals surface area contributed by atoms with E-state index < -0.39 is 17.5 Å². The van der Waals surface area contributed by atoms with Gasteiger partial charge in [0.15, 0.2) is 5.82 Å². The van der Waals surface area contributed by atoms with Gasteiger partial charge in [-0.3, -0.25) is 9.97 Å². The summed E-state index contributed by atoms with van der Waals surface area (Å²) in [6.07, 6.45) is 8.19. The number of aromatic nitrogens is 4. The molecular weight excluding hydrogens is 553 g/mol. The number of nitrogens with zero attached hydrogens (tertiary/aromatic N) is 6. The lowest BCUT2D eigenvalue weighted by molar-refractivity contribution is 0.120. The molecule has 2 aromatic carbocycles. The number of hydrogen-bond donors (Lipinski definition) is 0. The molecule has 5 heterocycles. The van der Waals surface area contributed by atoms with Gasteiger partial charge in [-0.05, 0) is 56.8 Å². The van der Waals surface area contributed by atoms with E-state index in [2.05, 4.69) is 26.9 Å². The fourth-order valence-corrected chi connectivity index (χ4v) is 6.40. The minimum atomic E-state index is -0.697. The van der Waals surface area contributed by atoms with Crippen LogP contribution in [0.15, 0.2) is 55.0 Å². The zero-order valence-electron chi connectivity index (χ0n) is 24.0. The van der Waals surface area contributed by atoms with Gasteiger partial charge in [-0.15, -0.1) is 0 Å². The van der Waals surface area contributed by atoms with E-state index in [4.69, 9.17) is 9.72 Å². The summed E-state index contributed by atoms with van der Waals surface area (Å²) in [6, 6.07) is 10.1. The molecule has 1 fully saturated rings. The second kappa shape index (κ2) is 11.1. The van der Waals surface area contributed by atoms with Gasteiger partial charge in [-0.1, -0.05) is 36.8 Å². The Morgan fingerprint density at radius 3 is 2.65 bits per heavy atom. The molecule has 3 aromatic heterocycles. The Labute approximate surface area is 247 Å². The molecule has 0 saturated carbocycles. The van der Waals surface area contributed by atoms with E-state index in [-0.39, 0.29) is 41.2 Å². The molecular formula is C33H31F3N6O. The standard InChI is InChI=1S/C33H31F3N6O/c1-19-13-21-14-37-16-27(35)25(21)17-42(19)32-24-15-38-30(23-10-5-7-20-8-6-11-26(34)28(20)23)29(36)31(24)39-33(40-32)43-18-22-9-3-4-12-41(22)2/h5-8,10-11,14-16,19,22H,3-4,9,12-13,17-18H2,1-2H3/t19-,22+/m1/s1. The smallest absolute Gasteiger partial charge is 0.319 e. The fraction of sp³-hybridized carbons (Fsp3) is 0.333. The summed E-state index contributed by atoms with van der Waals surface area (Å²) in [7, 11) is 2.07. The van der Waals surface area contributed by atoms with E-state index in [0.29, 0.717) is 40.7 Å². The zero-order chi connectivity index (χ0) is 29.7. The summed E-state index contributed by atoms with van der Waals surface area (Å²) in [5.41, 5.74) is 1.70. The maximum absolute atomic E-state index is 16.6. The predicted octanol–water partition coefficient (Wildman–Crippen LogP) is 6.47. The van der Waals surface area contributed by atoms with Crippen molar-refractivity contribution in [3.8, 4) is 17.3 Å². The Morgan fingerprint density at radius 1 is 0.977 bits per heavy atom. The normalized spacial score (nSPS) is 19.1. The Hall–Kier alpha value is -4.31. The van der Waals surface area contributed by atoms with Crippen LogP contribution in [0.2, 0.25) is 0 Å². The molecule has 2 atom stereocenters. The molecule has 0 unspecified atom stereocenters. The molecule has 2 aliphatic rings. The lowest BCUT2D eigenvalue weighted by atomic mass is 9.96. The Balaban J connectivity index is 1.37. The van der Waals surface area contributed by atoms with Crippen LogP contribution < -0.4 is 9.64 Å². The Kier molecular flexibility index (Phi) is 7.09. The van der Waals surface area contributed by atoms with Crippen molar-refractivity contribution < 1.29 is 17.9 Å². The van der Waals surface area contributed by atoms with Gasteiger partial charge in [0, 0.05) is 47.5 Å².